The van der Waals surface area contributed by atoms with Crippen molar-refractivity contribution in [1.29, 1.82) is 0 Å². The third-order valence-electron chi connectivity index (χ3n) is 3.62. The Morgan fingerprint density at radius 1 is 1.26 bits per heavy atom. The molecule has 2 rings (SSSR count). The van der Waals surface area contributed by atoms with Gasteiger partial charge < -0.3 is 5.32 Å². The zero-order valence-corrected chi connectivity index (χ0v) is 12.1. The standard InChI is InChI=1S/C14H16BrF2NO/c15-9-14(6-2-1-3-7-14)18-13(19)11-5-4-10(16)8-12(11)17/h4-5,8H,1-3,6-7,9H2,(H,18,19). The molecule has 1 aromatic rings. The molecule has 1 aromatic carbocycles. The van der Waals surface area contributed by atoms with Crippen molar-refractivity contribution in [2.75, 3.05) is 5.33 Å². The van der Waals surface area contributed by atoms with E-state index >= 15 is 0 Å². The first-order valence-corrected chi connectivity index (χ1v) is 7.52. The van der Waals surface area contributed by atoms with E-state index in [9.17, 15) is 13.6 Å². The van der Waals surface area contributed by atoms with Crippen molar-refractivity contribution in [3.63, 3.8) is 0 Å². The Morgan fingerprint density at radius 2 is 1.95 bits per heavy atom. The summed E-state index contributed by atoms with van der Waals surface area (Å²) in [6.45, 7) is 0. The van der Waals surface area contributed by atoms with Crippen LogP contribution >= 0.6 is 15.9 Å². The number of alkyl halides is 1. The lowest BCUT2D eigenvalue weighted by Gasteiger charge is -2.36. The molecular formula is C14H16BrF2NO. The molecule has 1 aliphatic rings. The zero-order valence-electron chi connectivity index (χ0n) is 10.5. The van der Waals surface area contributed by atoms with Gasteiger partial charge >= 0.3 is 0 Å². The van der Waals surface area contributed by atoms with Crippen LogP contribution in [0.4, 0.5) is 8.78 Å². The van der Waals surface area contributed by atoms with Crippen LogP contribution in [0.1, 0.15) is 42.5 Å². The number of rotatable bonds is 3. The summed E-state index contributed by atoms with van der Waals surface area (Å²) in [5.74, 6) is -1.97. The molecule has 1 aliphatic carbocycles. The van der Waals surface area contributed by atoms with E-state index in [0.717, 1.165) is 44.2 Å². The van der Waals surface area contributed by atoms with Gasteiger partial charge in [-0.05, 0) is 25.0 Å². The molecule has 0 spiro atoms. The number of nitrogens with one attached hydrogen (secondary N) is 1. The number of halogens is 3. The second kappa shape index (κ2) is 5.99. The maximum absolute atomic E-state index is 13.6. The highest BCUT2D eigenvalue weighted by molar-refractivity contribution is 9.09. The number of amides is 1. The molecule has 1 amide bonds. The highest BCUT2D eigenvalue weighted by Crippen LogP contribution is 2.30. The minimum Gasteiger partial charge on any atom is -0.346 e. The summed E-state index contributed by atoms with van der Waals surface area (Å²) in [5, 5.41) is 3.56. The highest BCUT2D eigenvalue weighted by Gasteiger charge is 2.33. The van der Waals surface area contributed by atoms with Crippen LogP contribution in [-0.2, 0) is 0 Å². The van der Waals surface area contributed by atoms with Gasteiger partial charge in [-0.3, -0.25) is 4.79 Å². The van der Waals surface area contributed by atoms with Crippen LogP contribution in [0.5, 0.6) is 0 Å². The summed E-state index contributed by atoms with van der Waals surface area (Å²) >= 11 is 3.43. The summed E-state index contributed by atoms with van der Waals surface area (Å²) in [5.41, 5.74) is -0.414. The normalized spacial score (nSPS) is 18.1. The van der Waals surface area contributed by atoms with E-state index in [0.29, 0.717) is 5.33 Å². The lowest BCUT2D eigenvalue weighted by atomic mass is 9.83. The molecule has 1 N–H and O–H groups in total. The molecule has 0 heterocycles. The first-order valence-electron chi connectivity index (χ1n) is 6.40. The fourth-order valence-corrected chi connectivity index (χ4v) is 3.20. The first-order chi connectivity index (χ1) is 9.06. The van der Waals surface area contributed by atoms with Crippen molar-refractivity contribution in [3.8, 4) is 0 Å². The van der Waals surface area contributed by atoms with E-state index in [-0.39, 0.29) is 11.1 Å². The van der Waals surface area contributed by atoms with Crippen LogP contribution in [0.15, 0.2) is 18.2 Å². The molecule has 0 aliphatic heterocycles. The highest BCUT2D eigenvalue weighted by atomic mass is 79.9. The monoisotopic (exact) mass is 331 g/mol. The Labute approximate surface area is 119 Å². The predicted octanol–water partition coefficient (Wildman–Crippen LogP) is 3.79. The predicted molar refractivity (Wildman–Crippen MR) is 73.4 cm³/mol. The van der Waals surface area contributed by atoms with Crippen LogP contribution < -0.4 is 5.32 Å². The topological polar surface area (TPSA) is 29.1 Å². The van der Waals surface area contributed by atoms with Gasteiger partial charge in [0, 0.05) is 11.4 Å². The quantitative estimate of drug-likeness (QED) is 0.839. The average Bonchev–Trinajstić information content (AvgIpc) is 2.39. The Balaban J connectivity index is 2.15. The summed E-state index contributed by atoms with van der Waals surface area (Å²) in [6, 6.07) is 3.01. The zero-order chi connectivity index (χ0) is 13.9. The van der Waals surface area contributed by atoms with Crippen LogP contribution in [0.25, 0.3) is 0 Å². The minimum absolute atomic E-state index is 0.104. The van der Waals surface area contributed by atoms with E-state index in [1.54, 1.807) is 0 Å². The third kappa shape index (κ3) is 3.32. The summed E-state index contributed by atoms with van der Waals surface area (Å²) < 4.78 is 26.4. The molecule has 0 atom stereocenters. The molecule has 19 heavy (non-hydrogen) atoms. The Bertz CT molecular complexity index is 473. The van der Waals surface area contributed by atoms with E-state index in [1.807, 2.05) is 0 Å². The largest absolute Gasteiger partial charge is 0.346 e. The van der Waals surface area contributed by atoms with Gasteiger partial charge in [0.05, 0.1) is 11.1 Å². The number of carbonyl (C=O) groups is 1. The molecule has 104 valence electrons. The second-order valence-electron chi connectivity index (χ2n) is 5.05. The molecule has 0 saturated heterocycles. The van der Waals surface area contributed by atoms with Crippen LogP contribution in [0.3, 0.4) is 0 Å². The molecule has 1 fully saturated rings. The lowest BCUT2D eigenvalue weighted by molar-refractivity contribution is 0.0882. The molecular weight excluding hydrogens is 316 g/mol. The molecule has 5 heteroatoms. The molecule has 1 saturated carbocycles. The van der Waals surface area contributed by atoms with E-state index in [4.69, 9.17) is 0 Å². The first kappa shape index (κ1) is 14.4. The Hall–Kier alpha value is -0.970. The van der Waals surface area contributed by atoms with Gasteiger partial charge in [-0.25, -0.2) is 8.78 Å². The maximum atomic E-state index is 13.6. The van der Waals surface area contributed by atoms with Gasteiger partial charge in [0.25, 0.3) is 5.91 Å². The number of benzene rings is 1. The Morgan fingerprint density at radius 3 is 2.53 bits per heavy atom. The van der Waals surface area contributed by atoms with Crippen molar-refractivity contribution in [1.82, 2.24) is 5.32 Å². The van der Waals surface area contributed by atoms with E-state index < -0.39 is 17.5 Å². The van der Waals surface area contributed by atoms with E-state index in [2.05, 4.69) is 21.2 Å². The van der Waals surface area contributed by atoms with Crippen LogP contribution in [-0.4, -0.2) is 16.8 Å². The summed E-state index contributed by atoms with van der Waals surface area (Å²) in [7, 11) is 0. The van der Waals surface area contributed by atoms with Gasteiger partial charge in [-0.15, -0.1) is 0 Å². The fraction of sp³-hybridized carbons (Fsp3) is 0.500. The molecule has 0 unspecified atom stereocenters. The van der Waals surface area contributed by atoms with Crippen molar-refractivity contribution < 1.29 is 13.6 Å². The number of hydrogen-bond acceptors (Lipinski definition) is 1. The smallest absolute Gasteiger partial charge is 0.254 e. The molecule has 2 nitrogen and oxygen atoms in total. The SMILES string of the molecule is O=C(NC1(CBr)CCCCC1)c1ccc(F)cc1F. The average molecular weight is 332 g/mol. The molecule has 0 bridgehead atoms. The third-order valence-corrected chi connectivity index (χ3v) is 4.69. The second-order valence-corrected chi connectivity index (χ2v) is 5.61. The van der Waals surface area contributed by atoms with Crippen molar-refractivity contribution in [2.24, 2.45) is 0 Å². The minimum atomic E-state index is -0.821. The van der Waals surface area contributed by atoms with Gasteiger partial charge in [0.1, 0.15) is 11.6 Å². The van der Waals surface area contributed by atoms with Gasteiger partial charge in [0.15, 0.2) is 0 Å². The lowest BCUT2D eigenvalue weighted by Crippen LogP contribution is -2.51. The van der Waals surface area contributed by atoms with Crippen LogP contribution in [0, 0.1) is 11.6 Å². The van der Waals surface area contributed by atoms with E-state index in [1.165, 1.54) is 6.07 Å². The molecule has 0 radical (unpaired) electrons. The van der Waals surface area contributed by atoms with Gasteiger partial charge in [-0.1, -0.05) is 35.2 Å². The Kier molecular flexibility index (Phi) is 4.55. The van der Waals surface area contributed by atoms with Crippen molar-refractivity contribution >= 4 is 21.8 Å². The fourth-order valence-electron chi connectivity index (χ4n) is 2.50. The maximum Gasteiger partial charge on any atom is 0.254 e. The number of hydrogen-bond donors (Lipinski definition) is 1. The van der Waals surface area contributed by atoms with Crippen molar-refractivity contribution in [2.45, 2.75) is 37.6 Å². The summed E-state index contributed by atoms with van der Waals surface area (Å²) in [4.78, 5) is 12.1. The number of carbonyl (C=O) groups excluding carboxylic acids is 1. The van der Waals surface area contributed by atoms with Crippen LogP contribution in [0.2, 0.25) is 0 Å². The summed E-state index contributed by atoms with van der Waals surface area (Å²) in [6.07, 6.45) is 5.03. The van der Waals surface area contributed by atoms with Crippen molar-refractivity contribution in [3.05, 3.63) is 35.4 Å². The van der Waals surface area contributed by atoms with Gasteiger partial charge in [-0.2, -0.15) is 0 Å². The molecule has 0 aromatic heterocycles. The van der Waals surface area contributed by atoms with Gasteiger partial charge in [0.2, 0.25) is 0 Å².